The van der Waals surface area contributed by atoms with Gasteiger partial charge in [-0.2, -0.15) is 0 Å². The first-order valence-corrected chi connectivity index (χ1v) is 8.38. The van der Waals surface area contributed by atoms with Crippen molar-refractivity contribution in [2.24, 2.45) is 5.73 Å². The Morgan fingerprint density at radius 2 is 2.29 bits per heavy atom. The summed E-state index contributed by atoms with van der Waals surface area (Å²) in [6.07, 6.45) is 5.71. The molecule has 6 nitrogen and oxygen atoms in total. The van der Waals surface area contributed by atoms with Gasteiger partial charge in [0.25, 0.3) is 0 Å². The molecule has 0 aliphatic carbocycles. The van der Waals surface area contributed by atoms with Gasteiger partial charge in [0.05, 0.1) is 24.8 Å². The first-order chi connectivity index (χ1) is 10.1. The normalized spacial score (nSPS) is 27.4. The Morgan fingerprint density at radius 3 is 2.95 bits per heavy atom. The number of ether oxygens (including phenoxy) is 1. The molecule has 1 aromatic heterocycles. The highest BCUT2D eigenvalue weighted by molar-refractivity contribution is 7.89. The zero-order chi connectivity index (χ0) is 14.9. The summed E-state index contributed by atoms with van der Waals surface area (Å²) in [5.41, 5.74) is 5.84. The van der Waals surface area contributed by atoms with Gasteiger partial charge in [0, 0.05) is 18.0 Å². The molecule has 0 spiro atoms. The molecule has 3 heterocycles. The number of nitrogens with one attached hydrogen (secondary N) is 1. The van der Waals surface area contributed by atoms with Crippen LogP contribution in [-0.2, 0) is 14.8 Å². The summed E-state index contributed by atoms with van der Waals surface area (Å²) in [5.74, 6) is 5.46. The Bertz CT molecular complexity index is 693. The van der Waals surface area contributed by atoms with Crippen LogP contribution >= 0.6 is 0 Å². The molecule has 3 N–H and O–H groups in total. The highest BCUT2D eigenvalue weighted by Crippen LogP contribution is 2.34. The van der Waals surface area contributed by atoms with E-state index in [1.54, 1.807) is 0 Å². The average Bonchev–Trinajstić information content (AvgIpc) is 3.07. The van der Waals surface area contributed by atoms with Crippen molar-refractivity contribution >= 4 is 10.0 Å². The Labute approximate surface area is 124 Å². The first-order valence-electron chi connectivity index (χ1n) is 6.90. The van der Waals surface area contributed by atoms with E-state index in [1.807, 2.05) is 0 Å². The van der Waals surface area contributed by atoms with Crippen molar-refractivity contribution in [1.29, 1.82) is 0 Å². The van der Waals surface area contributed by atoms with Crippen molar-refractivity contribution in [3.63, 3.8) is 0 Å². The van der Waals surface area contributed by atoms with Crippen molar-refractivity contribution in [1.82, 2.24) is 9.71 Å². The fraction of sp³-hybridized carbons (Fsp3) is 0.500. The molecule has 1 aromatic rings. The Kier molecular flexibility index (Phi) is 3.95. The van der Waals surface area contributed by atoms with E-state index in [-0.39, 0.29) is 29.7 Å². The third-order valence-electron chi connectivity index (χ3n) is 3.77. The molecular weight excluding hydrogens is 290 g/mol. The number of hydrogen-bond donors (Lipinski definition) is 2. The zero-order valence-electron chi connectivity index (χ0n) is 11.5. The maximum absolute atomic E-state index is 12.4. The summed E-state index contributed by atoms with van der Waals surface area (Å²) in [6.45, 7) is 0.220. The van der Waals surface area contributed by atoms with E-state index < -0.39 is 10.0 Å². The summed E-state index contributed by atoms with van der Waals surface area (Å²) in [6, 6.07) is 1.36. The molecule has 0 radical (unpaired) electrons. The van der Waals surface area contributed by atoms with Crippen molar-refractivity contribution in [2.75, 3.05) is 6.54 Å². The lowest BCUT2D eigenvalue weighted by atomic mass is 9.96. The highest BCUT2D eigenvalue weighted by atomic mass is 32.2. The Hall–Kier alpha value is -1.46. The largest absolute Gasteiger partial charge is 0.373 e. The van der Waals surface area contributed by atoms with E-state index >= 15 is 0 Å². The van der Waals surface area contributed by atoms with Crippen LogP contribution in [0.15, 0.2) is 23.4 Å². The smallest absolute Gasteiger partial charge is 0.242 e. The molecule has 2 aliphatic rings. The van der Waals surface area contributed by atoms with Gasteiger partial charge >= 0.3 is 0 Å². The van der Waals surface area contributed by atoms with E-state index in [0.717, 1.165) is 19.3 Å². The van der Waals surface area contributed by atoms with Gasteiger partial charge in [0.15, 0.2) is 0 Å². The second-order valence-electron chi connectivity index (χ2n) is 5.25. The molecule has 7 heteroatoms. The number of nitrogens with zero attached hydrogens (tertiary/aromatic N) is 1. The van der Waals surface area contributed by atoms with Gasteiger partial charge in [-0.25, -0.2) is 13.1 Å². The highest BCUT2D eigenvalue weighted by Gasteiger charge is 2.42. The first kappa shape index (κ1) is 14.5. The summed E-state index contributed by atoms with van der Waals surface area (Å²) in [7, 11) is -3.61. The van der Waals surface area contributed by atoms with Gasteiger partial charge in [-0.3, -0.25) is 4.98 Å². The van der Waals surface area contributed by atoms with Crippen LogP contribution in [0.3, 0.4) is 0 Å². The van der Waals surface area contributed by atoms with E-state index in [2.05, 4.69) is 21.5 Å². The number of hydrogen-bond acceptors (Lipinski definition) is 5. The summed E-state index contributed by atoms with van der Waals surface area (Å²) in [4.78, 5) is 4.05. The number of rotatable bonds is 3. The van der Waals surface area contributed by atoms with Gasteiger partial charge in [-0.15, -0.1) is 0 Å². The van der Waals surface area contributed by atoms with Gasteiger partial charge in [-0.1, -0.05) is 11.8 Å². The molecule has 21 heavy (non-hydrogen) atoms. The summed E-state index contributed by atoms with van der Waals surface area (Å²) < 4.78 is 33.2. The maximum atomic E-state index is 12.4. The minimum absolute atomic E-state index is 0.00190. The minimum atomic E-state index is -3.61. The minimum Gasteiger partial charge on any atom is -0.373 e. The summed E-state index contributed by atoms with van der Waals surface area (Å²) in [5, 5.41) is 0. The van der Waals surface area contributed by atoms with Crippen LogP contribution < -0.4 is 10.5 Å². The second-order valence-corrected chi connectivity index (χ2v) is 6.97. The number of aromatic nitrogens is 1. The third kappa shape index (κ3) is 3.09. The van der Waals surface area contributed by atoms with Crippen molar-refractivity contribution < 1.29 is 13.2 Å². The van der Waals surface area contributed by atoms with Crippen molar-refractivity contribution in [3.8, 4) is 11.8 Å². The van der Waals surface area contributed by atoms with Crippen LogP contribution in [0.1, 0.15) is 24.8 Å². The molecule has 3 rings (SSSR count). The number of pyridine rings is 1. The molecule has 2 fully saturated rings. The third-order valence-corrected chi connectivity index (χ3v) is 5.23. The second kappa shape index (κ2) is 5.73. The molecule has 2 aliphatic heterocycles. The van der Waals surface area contributed by atoms with Crippen LogP contribution in [0.5, 0.6) is 0 Å². The lowest BCUT2D eigenvalue weighted by Crippen LogP contribution is -2.41. The summed E-state index contributed by atoms with van der Waals surface area (Å²) >= 11 is 0. The molecule has 0 amide bonds. The van der Waals surface area contributed by atoms with Crippen LogP contribution in [0, 0.1) is 11.8 Å². The topological polar surface area (TPSA) is 94.3 Å². The number of fused-ring (bicyclic) bond motifs is 2. The van der Waals surface area contributed by atoms with Gasteiger partial charge in [0.1, 0.15) is 4.90 Å². The fourth-order valence-corrected chi connectivity index (χ4v) is 4.08. The predicted octanol–water partition coefficient (Wildman–Crippen LogP) is -0.01000. The Morgan fingerprint density at radius 1 is 1.43 bits per heavy atom. The number of sulfonamides is 1. The fourth-order valence-electron chi connectivity index (χ4n) is 2.82. The zero-order valence-corrected chi connectivity index (χ0v) is 12.3. The molecule has 3 atom stereocenters. The van der Waals surface area contributed by atoms with Gasteiger partial charge in [-0.05, 0) is 25.3 Å². The van der Waals surface area contributed by atoms with Gasteiger partial charge in [0.2, 0.25) is 10.0 Å². The van der Waals surface area contributed by atoms with Gasteiger partial charge < -0.3 is 10.5 Å². The monoisotopic (exact) mass is 307 g/mol. The van der Waals surface area contributed by atoms with E-state index in [0.29, 0.717) is 5.56 Å². The SMILES string of the molecule is NCC#Cc1cncc(S(=O)(=O)NC2CC3CCC2O3)c1. The molecule has 2 saturated heterocycles. The van der Waals surface area contributed by atoms with Crippen LogP contribution in [0.25, 0.3) is 0 Å². The quantitative estimate of drug-likeness (QED) is 0.766. The molecular formula is C14H17N3O3S. The number of nitrogens with two attached hydrogens (primary N) is 1. The lowest BCUT2D eigenvalue weighted by molar-refractivity contribution is 0.0996. The van der Waals surface area contributed by atoms with Crippen molar-refractivity contribution in [2.45, 2.75) is 42.4 Å². The van der Waals surface area contributed by atoms with Crippen molar-refractivity contribution in [3.05, 3.63) is 24.0 Å². The van der Waals surface area contributed by atoms with E-state index in [4.69, 9.17) is 10.5 Å². The lowest BCUT2D eigenvalue weighted by Gasteiger charge is -2.19. The van der Waals surface area contributed by atoms with Crippen LogP contribution in [0.4, 0.5) is 0 Å². The molecule has 2 bridgehead atoms. The molecule has 0 saturated carbocycles. The molecule has 112 valence electrons. The molecule has 3 unspecified atom stereocenters. The van der Waals surface area contributed by atoms with E-state index in [1.165, 1.54) is 18.5 Å². The molecule has 0 aromatic carbocycles. The van der Waals surface area contributed by atoms with Crippen LogP contribution in [-0.4, -0.2) is 38.2 Å². The standard InChI is InChI=1S/C14H17N3O3S/c15-5-1-2-10-6-12(9-16-8-10)21(18,19)17-13-7-11-3-4-14(13)20-11/h6,8-9,11,13-14,17H,3-5,7,15H2. The average molecular weight is 307 g/mol. The van der Waals surface area contributed by atoms with E-state index in [9.17, 15) is 8.42 Å². The maximum Gasteiger partial charge on any atom is 0.242 e. The van der Waals surface area contributed by atoms with Crippen LogP contribution in [0.2, 0.25) is 0 Å². The predicted molar refractivity (Wildman–Crippen MR) is 76.8 cm³/mol. The Balaban J connectivity index is 1.78.